The molecule has 10 aromatic rings. The predicted octanol–water partition coefficient (Wildman–Crippen LogP) is 12.2. The molecule has 0 aliphatic carbocycles. The number of para-hydroxylation sites is 1. The number of hydrogen-bond donors (Lipinski definition) is 0. The first-order chi connectivity index (χ1) is 22.4. The maximum absolute atomic E-state index is 2.49. The van der Waals surface area contributed by atoms with Crippen molar-refractivity contribution < 1.29 is 0 Å². The summed E-state index contributed by atoms with van der Waals surface area (Å²) < 4.78 is 2.49. The van der Waals surface area contributed by atoms with Crippen molar-refractivity contribution >= 4 is 75.7 Å². The van der Waals surface area contributed by atoms with E-state index >= 15 is 0 Å². The van der Waals surface area contributed by atoms with Gasteiger partial charge in [-0.2, -0.15) is 0 Å². The molecule has 0 atom stereocenters. The first kappa shape index (κ1) is 24.5. The molecule has 0 unspecified atom stereocenters. The quantitative estimate of drug-likeness (QED) is 0.183. The van der Waals surface area contributed by atoms with E-state index in [1.54, 1.807) is 0 Å². The fraction of sp³-hybridized carbons (Fsp3) is 0. The zero-order valence-electron chi connectivity index (χ0n) is 24.5. The number of nitrogens with zero attached hydrogens (tertiary/aromatic N) is 1. The van der Waals surface area contributed by atoms with E-state index in [1.807, 2.05) is 0 Å². The van der Waals surface area contributed by atoms with E-state index in [2.05, 4.69) is 168 Å². The molecule has 0 saturated heterocycles. The summed E-state index contributed by atoms with van der Waals surface area (Å²) in [6, 6.07) is 60.1. The number of aromatic nitrogens is 1. The summed E-state index contributed by atoms with van der Waals surface area (Å²) >= 11 is 0. The van der Waals surface area contributed by atoms with Gasteiger partial charge < -0.3 is 4.57 Å². The highest BCUT2D eigenvalue weighted by atomic mass is 15.0. The highest BCUT2D eigenvalue weighted by molar-refractivity contribution is 6.42. The molecule has 1 nitrogen and oxygen atoms in total. The van der Waals surface area contributed by atoms with Crippen molar-refractivity contribution in [3.63, 3.8) is 0 Å². The Balaban J connectivity index is 1.37. The van der Waals surface area contributed by atoms with Crippen LogP contribution in [0.25, 0.3) is 92.5 Å². The SMILES string of the molecule is c1ccc2c(-c3ccc(-n4c5ccccc5c5c6c7ccccc7c7ccccc7c6c6ccccc6c54)cc3)cccc2c1. The molecule has 0 aliphatic rings. The van der Waals surface area contributed by atoms with E-state index < -0.39 is 0 Å². The molecule has 0 N–H and O–H groups in total. The van der Waals surface area contributed by atoms with Gasteiger partial charge in [-0.3, -0.25) is 0 Å². The fourth-order valence-corrected chi connectivity index (χ4v) is 7.87. The monoisotopic (exact) mass is 569 g/mol. The molecule has 0 bridgehead atoms. The lowest BCUT2D eigenvalue weighted by atomic mass is 9.88. The summed E-state index contributed by atoms with van der Waals surface area (Å²) in [7, 11) is 0. The van der Waals surface area contributed by atoms with Crippen molar-refractivity contribution in [2.75, 3.05) is 0 Å². The standard InChI is InChI=1S/C44H27N/c1-2-14-31-28(12-1)13-11-22-32(31)29-24-26-30(27-25-29)45-40-23-10-9-21-39(40)43-42-36-18-6-4-16-34(36)33-15-3-5-17-35(33)41(42)37-19-7-8-20-38(37)44(43)45/h1-27H. The van der Waals surface area contributed by atoms with Gasteiger partial charge in [0, 0.05) is 27.2 Å². The Labute approximate surface area is 260 Å². The summed E-state index contributed by atoms with van der Waals surface area (Å²) in [5.41, 5.74) is 6.14. The number of fused-ring (bicyclic) bond motifs is 14. The van der Waals surface area contributed by atoms with E-state index in [-0.39, 0.29) is 0 Å². The Morgan fingerprint density at radius 3 is 1.53 bits per heavy atom. The molecule has 1 heterocycles. The lowest BCUT2D eigenvalue weighted by molar-refractivity contribution is 1.19. The van der Waals surface area contributed by atoms with Gasteiger partial charge in [-0.25, -0.2) is 0 Å². The molecular formula is C44H27N. The van der Waals surface area contributed by atoms with Crippen LogP contribution in [-0.2, 0) is 0 Å². The molecule has 9 aromatic carbocycles. The van der Waals surface area contributed by atoms with Gasteiger partial charge in [0.25, 0.3) is 0 Å². The molecule has 0 aliphatic heterocycles. The second kappa shape index (κ2) is 9.29. The van der Waals surface area contributed by atoms with E-state index in [4.69, 9.17) is 0 Å². The highest BCUT2D eigenvalue weighted by Gasteiger charge is 2.22. The normalized spacial score (nSPS) is 12.0. The Kier molecular flexibility index (Phi) is 5.06. The summed E-state index contributed by atoms with van der Waals surface area (Å²) in [4.78, 5) is 0. The maximum Gasteiger partial charge on any atom is 0.0626 e. The molecule has 1 heteroatoms. The fourth-order valence-electron chi connectivity index (χ4n) is 7.87. The van der Waals surface area contributed by atoms with Crippen LogP contribution in [0.3, 0.4) is 0 Å². The minimum atomic E-state index is 1.17. The Bertz CT molecular complexity index is 2790. The van der Waals surface area contributed by atoms with Crippen molar-refractivity contribution in [3.05, 3.63) is 164 Å². The van der Waals surface area contributed by atoms with E-state index in [0.717, 1.165) is 0 Å². The van der Waals surface area contributed by atoms with Crippen LogP contribution >= 0.6 is 0 Å². The largest absolute Gasteiger partial charge is 0.309 e. The van der Waals surface area contributed by atoms with Gasteiger partial charge in [0.2, 0.25) is 0 Å². The van der Waals surface area contributed by atoms with Crippen LogP contribution in [0, 0.1) is 0 Å². The second-order valence-electron chi connectivity index (χ2n) is 12.0. The molecule has 45 heavy (non-hydrogen) atoms. The first-order valence-electron chi connectivity index (χ1n) is 15.6. The minimum absolute atomic E-state index is 1.17. The number of rotatable bonds is 2. The van der Waals surface area contributed by atoms with E-state index in [0.29, 0.717) is 0 Å². The van der Waals surface area contributed by atoms with Crippen molar-refractivity contribution in [2.45, 2.75) is 0 Å². The molecule has 0 fully saturated rings. The van der Waals surface area contributed by atoms with Crippen LogP contribution in [0.4, 0.5) is 0 Å². The average Bonchev–Trinajstić information content (AvgIpc) is 3.47. The third-order valence-corrected chi connectivity index (χ3v) is 9.74. The number of hydrogen-bond acceptors (Lipinski definition) is 0. The lowest BCUT2D eigenvalue weighted by Gasteiger charge is -2.16. The van der Waals surface area contributed by atoms with E-state index in [1.165, 1.54) is 92.5 Å². The van der Waals surface area contributed by atoms with Gasteiger partial charge in [-0.1, -0.05) is 146 Å². The molecule has 208 valence electrons. The van der Waals surface area contributed by atoms with Gasteiger partial charge in [-0.05, 0) is 72.4 Å². The first-order valence-corrected chi connectivity index (χ1v) is 15.6. The summed E-state index contributed by atoms with van der Waals surface area (Å²) in [5.74, 6) is 0. The van der Waals surface area contributed by atoms with Crippen LogP contribution in [0.5, 0.6) is 0 Å². The van der Waals surface area contributed by atoms with Crippen LogP contribution in [0.15, 0.2) is 164 Å². The summed E-state index contributed by atoms with van der Waals surface area (Å²) in [6.45, 7) is 0. The topological polar surface area (TPSA) is 4.93 Å². The average molecular weight is 570 g/mol. The molecule has 0 radical (unpaired) electrons. The van der Waals surface area contributed by atoms with Gasteiger partial charge in [0.15, 0.2) is 0 Å². The second-order valence-corrected chi connectivity index (χ2v) is 12.0. The number of benzene rings is 9. The van der Waals surface area contributed by atoms with Crippen LogP contribution in [0.1, 0.15) is 0 Å². The molecule has 1 aromatic heterocycles. The molecule has 0 spiro atoms. The third kappa shape index (κ3) is 3.38. The van der Waals surface area contributed by atoms with Gasteiger partial charge >= 0.3 is 0 Å². The van der Waals surface area contributed by atoms with Crippen molar-refractivity contribution in [1.82, 2.24) is 4.57 Å². The molecule has 0 amide bonds. The van der Waals surface area contributed by atoms with Crippen molar-refractivity contribution in [1.29, 1.82) is 0 Å². The van der Waals surface area contributed by atoms with Crippen LogP contribution in [-0.4, -0.2) is 4.57 Å². The molecular weight excluding hydrogens is 542 g/mol. The zero-order chi connectivity index (χ0) is 29.5. The smallest absolute Gasteiger partial charge is 0.0626 e. The van der Waals surface area contributed by atoms with Gasteiger partial charge in [0.1, 0.15) is 0 Å². The molecule has 0 saturated carbocycles. The van der Waals surface area contributed by atoms with E-state index in [9.17, 15) is 0 Å². The molecule has 10 rings (SSSR count). The van der Waals surface area contributed by atoms with Crippen molar-refractivity contribution in [2.24, 2.45) is 0 Å². The zero-order valence-corrected chi connectivity index (χ0v) is 24.5. The lowest BCUT2D eigenvalue weighted by Crippen LogP contribution is -1.95. The maximum atomic E-state index is 2.49. The summed E-state index contributed by atoms with van der Waals surface area (Å²) in [5, 5.41) is 15.6. The predicted molar refractivity (Wildman–Crippen MR) is 194 cm³/mol. The third-order valence-electron chi connectivity index (χ3n) is 9.74. The highest BCUT2D eigenvalue weighted by Crippen LogP contribution is 2.47. The summed E-state index contributed by atoms with van der Waals surface area (Å²) in [6.07, 6.45) is 0. The Morgan fingerprint density at radius 1 is 0.311 bits per heavy atom. The van der Waals surface area contributed by atoms with Crippen LogP contribution < -0.4 is 0 Å². The Morgan fingerprint density at radius 2 is 0.822 bits per heavy atom. The minimum Gasteiger partial charge on any atom is -0.309 e. The van der Waals surface area contributed by atoms with Crippen LogP contribution in [0.2, 0.25) is 0 Å². The Hall–Kier alpha value is -5.92. The van der Waals surface area contributed by atoms with Gasteiger partial charge in [0.05, 0.1) is 11.0 Å². The van der Waals surface area contributed by atoms with Crippen molar-refractivity contribution in [3.8, 4) is 16.8 Å². The van der Waals surface area contributed by atoms with Gasteiger partial charge in [-0.15, -0.1) is 0 Å².